The summed E-state index contributed by atoms with van der Waals surface area (Å²) in [5.74, 6) is 0.179. The van der Waals surface area contributed by atoms with Crippen molar-refractivity contribution in [2.75, 3.05) is 0 Å². The maximum absolute atomic E-state index is 10.7. The van der Waals surface area contributed by atoms with Gasteiger partial charge in [-0.2, -0.15) is 0 Å². The summed E-state index contributed by atoms with van der Waals surface area (Å²) in [7, 11) is 0. The summed E-state index contributed by atoms with van der Waals surface area (Å²) in [4.78, 5) is 1.33. The van der Waals surface area contributed by atoms with Crippen molar-refractivity contribution in [1.82, 2.24) is 0 Å². The van der Waals surface area contributed by atoms with Crippen LogP contribution in [0.5, 0.6) is 0 Å². The van der Waals surface area contributed by atoms with Gasteiger partial charge in [0, 0.05) is 15.6 Å². The third-order valence-corrected chi connectivity index (χ3v) is 5.82. The Hall–Kier alpha value is -0.510. The van der Waals surface area contributed by atoms with E-state index in [1.54, 1.807) is 0 Å². The fourth-order valence-electron chi connectivity index (χ4n) is 2.83. The van der Waals surface area contributed by atoms with Gasteiger partial charge in [0.1, 0.15) is 0 Å². The van der Waals surface area contributed by atoms with E-state index in [1.165, 1.54) is 10.5 Å². The number of allylic oxidation sites excluding steroid dienone is 2. The molecule has 1 heterocycles. The van der Waals surface area contributed by atoms with E-state index < -0.39 is 5.60 Å². The quantitative estimate of drug-likeness (QED) is 0.740. The molecular weight excluding hydrogens is 320 g/mol. The number of halogens is 1. The zero-order valence-corrected chi connectivity index (χ0v) is 13.2. The molecule has 3 rings (SSSR count). The fraction of sp³-hybridized carbons (Fsp3) is 0.375. The van der Waals surface area contributed by atoms with Gasteiger partial charge >= 0.3 is 0 Å². The lowest BCUT2D eigenvalue weighted by Crippen LogP contribution is -2.39. The van der Waals surface area contributed by atoms with E-state index in [9.17, 15) is 5.11 Å². The molecule has 100 valence electrons. The molecule has 1 aliphatic heterocycles. The molecule has 1 N–H and O–H groups in total. The molecule has 1 aromatic carbocycles. The van der Waals surface area contributed by atoms with Gasteiger partial charge in [-0.25, -0.2) is 0 Å². The summed E-state index contributed by atoms with van der Waals surface area (Å²) in [6, 6.07) is 8.45. The number of benzene rings is 1. The molecule has 0 spiro atoms. The summed E-state index contributed by atoms with van der Waals surface area (Å²) in [5.41, 5.74) is 0.647. The van der Waals surface area contributed by atoms with E-state index in [-0.39, 0.29) is 5.92 Å². The molecule has 3 atom stereocenters. The average molecular weight is 337 g/mol. The van der Waals surface area contributed by atoms with Gasteiger partial charge in [0.25, 0.3) is 0 Å². The Morgan fingerprint density at radius 3 is 2.79 bits per heavy atom. The van der Waals surface area contributed by atoms with E-state index in [4.69, 9.17) is 0 Å². The van der Waals surface area contributed by atoms with E-state index in [0.717, 1.165) is 17.3 Å². The lowest BCUT2D eigenvalue weighted by atomic mass is 9.81. The second kappa shape index (κ2) is 5.12. The number of aliphatic hydroxyl groups is 1. The Morgan fingerprint density at radius 1 is 1.32 bits per heavy atom. The molecule has 0 aromatic heterocycles. The summed E-state index contributed by atoms with van der Waals surface area (Å²) >= 11 is 5.38. The highest BCUT2D eigenvalue weighted by Crippen LogP contribution is 2.53. The third kappa shape index (κ3) is 2.69. The maximum Gasteiger partial charge on any atom is 0.0741 e. The molecule has 0 bridgehead atoms. The molecule has 3 unspecified atom stereocenters. The van der Waals surface area contributed by atoms with E-state index >= 15 is 0 Å². The van der Waals surface area contributed by atoms with Crippen LogP contribution in [0.15, 0.2) is 51.9 Å². The average Bonchev–Trinajstić information content (AvgIpc) is 2.39. The third-order valence-electron chi connectivity index (χ3n) is 3.88. The highest BCUT2D eigenvalue weighted by Gasteiger charge is 2.41. The van der Waals surface area contributed by atoms with Crippen molar-refractivity contribution in [2.45, 2.75) is 30.6 Å². The molecule has 1 aliphatic carbocycles. The van der Waals surface area contributed by atoms with Gasteiger partial charge in [-0.05, 0) is 42.4 Å². The molecule has 3 heteroatoms. The van der Waals surface area contributed by atoms with Crippen molar-refractivity contribution in [1.29, 1.82) is 0 Å². The van der Waals surface area contributed by atoms with Crippen LogP contribution >= 0.6 is 27.7 Å². The lowest BCUT2D eigenvalue weighted by Gasteiger charge is -2.42. The van der Waals surface area contributed by atoms with Crippen LogP contribution in [0.25, 0.3) is 0 Å². The second-order valence-corrected chi connectivity index (χ2v) is 7.66. The van der Waals surface area contributed by atoms with Gasteiger partial charge in [-0.15, -0.1) is 11.8 Å². The Bertz CT molecular complexity index is 530. The summed E-state index contributed by atoms with van der Waals surface area (Å²) in [5, 5.41) is 11.1. The minimum Gasteiger partial charge on any atom is -0.389 e. The monoisotopic (exact) mass is 336 g/mol. The molecule has 0 radical (unpaired) electrons. The standard InChI is InChI=1S/C16H17BrOS/c1-16(18)10-15(11-6-8-12(17)9-7-11)19-14-5-3-2-4-13(14)16/h2,4-9,13,15,18H,3,10H2,1H3. The van der Waals surface area contributed by atoms with Crippen molar-refractivity contribution in [3.8, 4) is 0 Å². The van der Waals surface area contributed by atoms with Crippen molar-refractivity contribution in [3.05, 3.63) is 57.4 Å². The highest BCUT2D eigenvalue weighted by molar-refractivity contribution is 9.10. The number of hydrogen-bond donors (Lipinski definition) is 1. The van der Waals surface area contributed by atoms with Crippen molar-refractivity contribution >= 4 is 27.7 Å². The van der Waals surface area contributed by atoms with E-state index in [2.05, 4.69) is 58.4 Å². The Balaban J connectivity index is 1.89. The van der Waals surface area contributed by atoms with E-state index in [1.807, 2.05) is 18.7 Å². The lowest BCUT2D eigenvalue weighted by molar-refractivity contribution is 0.0205. The predicted octanol–water partition coefficient (Wildman–Crippen LogP) is 4.84. The van der Waals surface area contributed by atoms with Crippen LogP contribution in [-0.2, 0) is 0 Å². The maximum atomic E-state index is 10.7. The van der Waals surface area contributed by atoms with Gasteiger partial charge in [0.2, 0.25) is 0 Å². The van der Waals surface area contributed by atoms with Gasteiger partial charge < -0.3 is 5.11 Å². The molecule has 19 heavy (non-hydrogen) atoms. The van der Waals surface area contributed by atoms with Gasteiger partial charge in [0.15, 0.2) is 0 Å². The number of hydrogen-bond acceptors (Lipinski definition) is 2. The zero-order chi connectivity index (χ0) is 13.5. The predicted molar refractivity (Wildman–Crippen MR) is 85.0 cm³/mol. The van der Waals surface area contributed by atoms with Crippen molar-refractivity contribution in [2.24, 2.45) is 5.92 Å². The molecule has 2 aliphatic rings. The molecule has 1 nitrogen and oxygen atoms in total. The minimum absolute atomic E-state index is 0.179. The minimum atomic E-state index is -0.647. The number of rotatable bonds is 1. The van der Waals surface area contributed by atoms with Crippen molar-refractivity contribution < 1.29 is 5.11 Å². The largest absolute Gasteiger partial charge is 0.389 e. The first kappa shape index (κ1) is 13.5. The summed E-state index contributed by atoms with van der Waals surface area (Å²) in [6.07, 6.45) is 8.37. The van der Waals surface area contributed by atoms with E-state index in [0.29, 0.717) is 5.25 Å². The number of fused-ring (bicyclic) bond motifs is 1. The van der Waals surface area contributed by atoms with Crippen LogP contribution in [0.1, 0.15) is 30.6 Å². The summed E-state index contributed by atoms with van der Waals surface area (Å²) in [6.45, 7) is 1.97. The smallest absolute Gasteiger partial charge is 0.0741 e. The SMILES string of the molecule is CC1(O)CC(c2ccc(Br)cc2)SC2=CCC=CC21. The molecular formula is C16H17BrOS. The topological polar surface area (TPSA) is 20.2 Å². The van der Waals surface area contributed by atoms with Crippen molar-refractivity contribution in [3.63, 3.8) is 0 Å². The van der Waals surface area contributed by atoms with Crippen LogP contribution in [0.3, 0.4) is 0 Å². The Kier molecular flexibility index (Phi) is 3.63. The highest BCUT2D eigenvalue weighted by atomic mass is 79.9. The van der Waals surface area contributed by atoms with Crippen LogP contribution in [0, 0.1) is 5.92 Å². The molecule has 1 fully saturated rings. The van der Waals surface area contributed by atoms with Crippen LogP contribution in [0.4, 0.5) is 0 Å². The normalized spacial score (nSPS) is 33.7. The molecule has 0 saturated carbocycles. The van der Waals surface area contributed by atoms with Crippen LogP contribution in [-0.4, -0.2) is 10.7 Å². The molecule has 1 saturated heterocycles. The van der Waals surface area contributed by atoms with Gasteiger partial charge in [0.05, 0.1) is 5.60 Å². The summed E-state index contributed by atoms with van der Waals surface area (Å²) < 4.78 is 1.10. The molecule has 0 amide bonds. The first-order valence-electron chi connectivity index (χ1n) is 6.57. The second-order valence-electron chi connectivity index (χ2n) is 5.47. The number of thioether (sulfide) groups is 1. The first-order valence-corrected chi connectivity index (χ1v) is 8.25. The van der Waals surface area contributed by atoms with Crippen LogP contribution in [0.2, 0.25) is 0 Å². The Morgan fingerprint density at radius 2 is 2.05 bits per heavy atom. The Labute approximate surface area is 126 Å². The van der Waals surface area contributed by atoms with Gasteiger partial charge in [-0.1, -0.05) is 46.3 Å². The first-order chi connectivity index (χ1) is 9.06. The van der Waals surface area contributed by atoms with Crippen LogP contribution < -0.4 is 0 Å². The fourth-order valence-corrected chi connectivity index (χ4v) is 4.81. The zero-order valence-electron chi connectivity index (χ0n) is 10.8. The molecule has 1 aromatic rings. The van der Waals surface area contributed by atoms with Gasteiger partial charge in [-0.3, -0.25) is 0 Å².